The summed E-state index contributed by atoms with van der Waals surface area (Å²) >= 11 is 0. The Bertz CT molecular complexity index is 2770. The van der Waals surface area contributed by atoms with E-state index in [4.69, 9.17) is 14.2 Å². The Labute approximate surface area is 399 Å². The first-order chi connectivity index (χ1) is 33.0. The molecule has 5 atom stereocenters. The molecule has 4 aliphatic rings. The third kappa shape index (κ3) is 7.67. The van der Waals surface area contributed by atoms with Gasteiger partial charge in [0.2, 0.25) is 0 Å². The number of ether oxygens (including phenoxy) is 3. The van der Waals surface area contributed by atoms with Gasteiger partial charge in [-0.2, -0.15) is 0 Å². The molecule has 3 saturated heterocycles. The smallest absolute Gasteiger partial charge is 0.264 e. The van der Waals surface area contributed by atoms with Crippen molar-refractivity contribution in [3.8, 4) is 11.5 Å². The molecule has 352 valence electrons. The van der Waals surface area contributed by atoms with E-state index < -0.39 is 19.2 Å². The van der Waals surface area contributed by atoms with E-state index in [-0.39, 0.29) is 48.4 Å². The van der Waals surface area contributed by atoms with Gasteiger partial charge < -0.3 is 34.4 Å². The molecule has 0 bridgehead atoms. The fraction of sp³-hybridized carbons (Fsp3) is 0.370. The highest BCUT2D eigenvalue weighted by Gasteiger charge is 2.66. The summed E-state index contributed by atoms with van der Waals surface area (Å²) in [4.78, 5) is 36.5. The number of nitrogens with zero attached hydrogens (tertiary/aromatic N) is 6. The maximum atomic E-state index is 15.8. The summed E-state index contributed by atoms with van der Waals surface area (Å²) in [6.45, 7) is 9.64. The minimum atomic E-state index is -2.45. The van der Waals surface area contributed by atoms with Crippen LogP contribution in [0.2, 0.25) is 18.6 Å². The Balaban J connectivity index is 0.984. The van der Waals surface area contributed by atoms with E-state index in [0.717, 1.165) is 65.4 Å². The van der Waals surface area contributed by atoms with Gasteiger partial charge in [-0.15, -0.1) is 5.10 Å². The lowest BCUT2D eigenvalue weighted by Gasteiger charge is -2.39. The second kappa shape index (κ2) is 18.3. The lowest BCUT2D eigenvalue weighted by molar-refractivity contribution is -0.146. The first-order valence-electron chi connectivity index (χ1n) is 23.9. The average Bonchev–Trinajstić information content (AvgIpc) is 4.10. The number of piperidine rings is 1. The standard InChI is InChI=1S/C54H61N7O6Si/c1-37-50(68(4,5)44-22-19-42(65-2)20-23-44)49(25-30-58-34-47(56-57-58)45(35-62)39-14-8-6-9-15-39)67-54(37)46-32-43(66-3)21-24-48(46)59(52(54)64)33-38-13-12-18-41(31-38)60-36-61(40-16-10-7-11-17-40)53(51(60)63)26-28-55-29-27-53/h6-24,31-32,34,37,45,49-50,55,62H,25-30,33,35-36H2,1-5H3/t37-,45?,49+,50-,54+/m1/s1. The highest BCUT2D eigenvalue weighted by Crippen LogP contribution is 2.60. The minimum absolute atomic E-state index is 0.00396. The van der Waals surface area contributed by atoms with Gasteiger partial charge in [0.05, 0.1) is 65.5 Å². The highest BCUT2D eigenvalue weighted by molar-refractivity contribution is 6.91. The van der Waals surface area contributed by atoms with Crippen molar-refractivity contribution < 1.29 is 28.9 Å². The van der Waals surface area contributed by atoms with Crippen LogP contribution in [0.25, 0.3) is 0 Å². The van der Waals surface area contributed by atoms with Gasteiger partial charge in [0.1, 0.15) is 17.0 Å². The summed E-state index contributed by atoms with van der Waals surface area (Å²) in [6, 6.07) is 42.5. The molecule has 5 aromatic carbocycles. The number of hydrogen-bond donors (Lipinski definition) is 2. The van der Waals surface area contributed by atoms with Gasteiger partial charge in [-0.25, -0.2) is 0 Å². The Hall–Kier alpha value is -6.32. The molecule has 0 aliphatic carbocycles. The molecule has 2 N–H and O–H groups in total. The number of rotatable bonds is 14. The van der Waals surface area contributed by atoms with Gasteiger partial charge in [0.25, 0.3) is 11.8 Å². The number of fused-ring (bicyclic) bond motifs is 2. The number of amides is 2. The predicted molar refractivity (Wildman–Crippen MR) is 266 cm³/mol. The lowest BCUT2D eigenvalue weighted by Crippen LogP contribution is -2.55. The van der Waals surface area contributed by atoms with Crippen molar-refractivity contribution in [1.29, 1.82) is 0 Å². The number of anilines is 3. The molecule has 14 heteroatoms. The Morgan fingerprint density at radius 2 is 1.53 bits per heavy atom. The van der Waals surface area contributed by atoms with Crippen LogP contribution in [-0.2, 0) is 33.0 Å². The van der Waals surface area contributed by atoms with Gasteiger partial charge in [-0.05, 0) is 104 Å². The number of para-hydroxylation sites is 1. The molecule has 2 spiro atoms. The van der Waals surface area contributed by atoms with Crippen LogP contribution in [-0.4, -0.2) is 92.2 Å². The number of hydrogen-bond acceptors (Lipinski definition) is 10. The lowest BCUT2D eigenvalue weighted by atomic mass is 9.82. The first-order valence-corrected chi connectivity index (χ1v) is 26.9. The van der Waals surface area contributed by atoms with Crippen molar-refractivity contribution in [3.05, 3.63) is 156 Å². The summed E-state index contributed by atoms with van der Waals surface area (Å²) in [5.41, 5.74) is 4.06. The molecule has 0 saturated carbocycles. The molecule has 68 heavy (non-hydrogen) atoms. The number of aliphatic hydroxyl groups is 1. The van der Waals surface area contributed by atoms with Gasteiger partial charge in [0, 0.05) is 35.6 Å². The molecule has 1 unspecified atom stereocenters. The molecule has 6 aromatic rings. The summed E-state index contributed by atoms with van der Waals surface area (Å²) < 4.78 is 20.7. The summed E-state index contributed by atoms with van der Waals surface area (Å²) in [5.74, 6) is 0.905. The Morgan fingerprint density at radius 1 is 0.838 bits per heavy atom. The van der Waals surface area contributed by atoms with E-state index in [0.29, 0.717) is 31.1 Å². The molecule has 1 aromatic heterocycles. The van der Waals surface area contributed by atoms with E-state index in [1.807, 2.05) is 118 Å². The van der Waals surface area contributed by atoms with Gasteiger partial charge in [-0.3, -0.25) is 19.2 Å². The predicted octanol–water partition coefficient (Wildman–Crippen LogP) is 7.21. The summed E-state index contributed by atoms with van der Waals surface area (Å²) in [6.07, 6.45) is 3.61. The number of benzene rings is 5. The van der Waals surface area contributed by atoms with Crippen LogP contribution >= 0.6 is 0 Å². The van der Waals surface area contributed by atoms with Crippen LogP contribution < -0.4 is 34.7 Å². The first kappa shape index (κ1) is 45.5. The Morgan fingerprint density at radius 3 is 2.24 bits per heavy atom. The normalized spacial score (nSPS) is 22.6. The van der Waals surface area contributed by atoms with Crippen molar-refractivity contribution >= 4 is 42.1 Å². The van der Waals surface area contributed by atoms with Crippen LogP contribution in [0.15, 0.2) is 134 Å². The number of methoxy groups -OCH3 is 2. The molecule has 5 heterocycles. The number of aliphatic hydroxyl groups excluding tert-OH is 1. The van der Waals surface area contributed by atoms with Crippen molar-refractivity contribution in [2.24, 2.45) is 5.92 Å². The Kier molecular flexibility index (Phi) is 12.2. The number of aryl methyl sites for hydroxylation is 1. The molecular weight excluding hydrogens is 871 g/mol. The molecule has 10 rings (SSSR count). The average molecular weight is 932 g/mol. The largest absolute Gasteiger partial charge is 0.497 e. The fourth-order valence-electron chi connectivity index (χ4n) is 11.9. The maximum Gasteiger partial charge on any atom is 0.264 e. The third-order valence-electron chi connectivity index (χ3n) is 15.5. The van der Waals surface area contributed by atoms with Crippen LogP contribution in [0.1, 0.15) is 54.5 Å². The molecule has 13 nitrogen and oxygen atoms in total. The number of aromatic nitrogens is 3. The van der Waals surface area contributed by atoms with E-state index in [1.54, 1.807) is 14.2 Å². The van der Waals surface area contributed by atoms with E-state index >= 15 is 4.79 Å². The van der Waals surface area contributed by atoms with E-state index in [2.05, 4.69) is 70.9 Å². The second-order valence-electron chi connectivity index (χ2n) is 19.4. The van der Waals surface area contributed by atoms with Crippen molar-refractivity contribution in [3.63, 3.8) is 0 Å². The fourth-order valence-corrected chi connectivity index (χ4v) is 16.0. The van der Waals surface area contributed by atoms with Crippen molar-refractivity contribution in [2.45, 2.75) is 81.1 Å². The molecule has 2 amide bonds. The second-order valence-corrected chi connectivity index (χ2v) is 24.0. The molecule has 3 fully saturated rings. The van der Waals surface area contributed by atoms with Crippen molar-refractivity contribution in [1.82, 2.24) is 20.3 Å². The number of carbonyl (C=O) groups excluding carboxylic acids is 2. The van der Waals surface area contributed by atoms with Gasteiger partial charge in [-0.1, -0.05) is 103 Å². The van der Waals surface area contributed by atoms with Crippen LogP contribution in [0.5, 0.6) is 11.5 Å². The zero-order valence-electron chi connectivity index (χ0n) is 39.5. The van der Waals surface area contributed by atoms with Crippen LogP contribution in [0.3, 0.4) is 0 Å². The highest BCUT2D eigenvalue weighted by atomic mass is 28.3. The quantitative estimate of drug-likeness (QED) is 0.108. The van der Waals surface area contributed by atoms with Gasteiger partial charge in [0.15, 0.2) is 5.60 Å². The van der Waals surface area contributed by atoms with Crippen LogP contribution in [0.4, 0.5) is 17.1 Å². The minimum Gasteiger partial charge on any atom is -0.497 e. The van der Waals surface area contributed by atoms with E-state index in [9.17, 15) is 9.90 Å². The zero-order chi connectivity index (χ0) is 47.2. The topological polar surface area (TPSA) is 135 Å². The third-order valence-corrected chi connectivity index (χ3v) is 19.8. The van der Waals surface area contributed by atoms with Gasteiger partial charge >= 0.3 is 0 Å². The SMILES string of the molecule is COc1ccc([Si](C)(C)[C@H]2[C@H](CCn3cc(C(CO)c4ccccc4)nn3)O[C@@]3(C(=O)N(Cc4cccc(N5CN(c6ccccc6)C6(CCNCC6)C5=O)c4)c4ccc(OC)cc43)[C@@H]2C)cc1. The van der Waals surface area contributed by atoms with Crippen molar-refractivity contribution in [2.75, 3.05) is 55.3 Å². The molecule has 4 aliphatic heterocycles. The van der Waals surface area contributed by atoms with Crippen LogP contribution in [0, 0.1) is 5.92 Å². The summed E-state index contributed by atoms with van der Waals surface area (Å²) in [7, 11) is 0.874. The molecule has 0 radical (unpaired) electrons. The molecular formula is C54H61N7O6Si. The van der Waals surface area contributed by atoms with E-state index in [1.165, 1.54) is 5.19 Å². The zero-order valence-corrected chi connectivity index (χ0v) is 40.5. The maximum absolute atomic E-state index is 15.8. The number of carbonyl (C=O) groups is 2. The monoisotopic (exact) mass is 931 g/mol. The summed E-state index contributed by atoms with van der Waals surface area (Å²) in [5, 5.41) is 24.2. The number of nitrogens with one attached hydrogen (secondary N) is 1.